The minimum Gasteiger partial charge on any atom is -0.338 e. The highest BCUT2D eigenvalue weighted by Gasteiger charge is 2.19. The summed E-state index contributed by atoms with van der Waals surface area (Å²) in [5.74, 6) is 1.49. The molecule has 194 valence electrons. The van der Waals surface area contributed by atoms with Gasteiger partial charge in [0.15, 0.2) is 0 Å². The molecule has 3 aromatic carbocycles. The van der Waals surface area contributed by atoms with Crippen molar-refractivity contribution in [3.63, 3.8) is 0 Å². The van der Waals surface area contributed by atoms with Gasteiger partial charge in [-0.25, -0.2) is 0 Å². The van der Waals surface area contributed by atoms with E-state index < -0.39 is 0 Å². The SMILES string of the molecule is Cc1cc(-c2ccc(C#N)cc2)cc(C)c1Nc1nc(Nc2ccc(C#N)cc2)nc(N2CCN(C)CC2)n1. The summed E-state index contributed by atoms with van der Waals surface area (Å²) in [5, 5.41) is 24.9. The summed E-state index contributed by atoms with van der Waals surface area (Å²) in [6.45, 7) is 7.63. The van der Waals surface area contributed by atoms with Crippen molar-refractivity contribution in [1.82, 2.24) is 19.9 Å². The second-order valence-corrected chi connectivity index (χ2v) is 9.69. The number of rotatable bonds is 6. The predicted octanol–water partition coefficient (Wildman–Crippen LogP) is 5.14. The van der Waals surface area contributed by atoms with E-state index in [9.17, 15) is 0 Å². The van der Waals surface area contributed by atoms with Crippen molar-refractivity contribution in [2.45, 2.75) is 13.8 Å². The summed E-state index contributed by atoms with van der Waals surface area (Å²) in [4.78, 5) is 18.6. The monoisotopic (exact) mass is 515 g/mol. The second kappa shape index (κ2) is 11.2. The van der Waals surface area contributed by atoms with Crippen LogP contribution in [-0.2, 0) is 0 Å². The van der Waals surface area contributed by atoms with Gasteiger partial charge in [0.25, 0.3) is 0 Å². The van der Waals surface area contributed by atoms with Crippen LogP contribution in [0.3, 0.4) is 0 Å². The van der Waals surface area contributed by atoms with Crippen LogP contribution in [0.2, 0.25) is 0 Å². The fraction of sp³-hybridized carbons (Fsp3) is 0.233. The molecule has 0 atom stereocenters. The fourth-order valence-electron chi connectivity index (χ4n) is 4.56. The van der Waals surface area contributed by atoms with E-state index >= 15 is 0 Å². The number of likely N-dealkylation sites (N-methyl/N-ethyl adjacent to an activating group) is 1. The Bertz CT molecular complexity index is 1530. The van der Waals surface area contributed by atoms with Crippen molar-refractivity contribution >= 4 is 29.2 Å². The van der Waals surface area contributed by atoms with Crippen LogP contribution in [0.5, 0.6) is 0 Å². The quantitative estimate of drug-likeness (QED) is 0.360. The fourth-order valence-corrected chi connectivity index (χ4v) is 4.56. The van der Waals surface area contributed by atoms with Crippen LogP contribution in [0, 0.1) is 36.5 Å². The Morgan fingerprint density at radius 3 is 1.79 bits per heavy atom. The van der Waals surface area contributed by atoms with Gasteiger partial charge in [-0.2, -0.15) is 25.5 Å². The number of aryl methyl sites for hydroxylation is 2. The van der Waals surface area contributed by atoms with Gasteiger partial charge in [0, 0.05) is 37.6 Å². The van der Waals surface area contributed by atoms with Gasteiger partial charge < -0.3 is 20.4 Å². The number of benzene rings is 3. The smallest absolute Gasteiger partial charge is 0.233 e. The number of nitrogens with zero attached hydrogens (tertiary/aromatic N) is 7. The number of nitrogens with one attached hydrogen (secondary N) is 2. The highest BCUT2D eigenvalue weighted by atomic mass is 15.4. The largest absolute Gasteiger partial charge is 0.338 e. The maximum Gasteiger partial charge on any atom is 0.233 e. The van der Waals surface area contributed by atoms with Gasteiger partial charge >= 0.3 is 0 Å². The summed E-state index contributed by atoms with van der Waals surface area (Å²) in [6, 6.07) is 23.3. The Morgan fingerprint density at radius 2 is 1.23 bits per heavy atom. The lowest BCUT2D eigenvalue weighted by atomic mass is 9.98. The van der Waals surface area contributed by atoms with E-state index in [0.29, 0.717) is 29.0 Å². The minimum absolute atomic E-state index is 0.427. The van der Waals surface area contributed by atoms with Crippen LogP contribution in [0.1, 0.15) is 22.3 Å². The third-order valence-corrected chi connectivity index (χ3v) is 6.80. The molecule has 5 rings (SSSR count). The molecule has 0 radical (unpaired) electrons. The summed E-state index contributed by atoms with van der Waals surface area (Å²) in [5.41, 5.74) is 7.20. The van der Waals surface area contributed by atoms with Gasteiger partial charge in [-0.3, -0.25) is 0 Å². The third-order valence-electron chi connectivity index (χ3n) is 6.80. The molecule has 0 aliphatic carbocycles. The van der Waals surface area contributed by atoms with Crippen LogP contribution in [0.15, 0.2) is 60.7 Å². The molecule has 1 fully saturated rings. The summed E-state index contributed by atoms with van der Waals surface area (Å²) in [7, 11) is 2.11. The van der Waals surface area contributed by atoms with Crippen LogP contribution >= 0.6 is 0 Å². The zero-order valence-corrected chi connectivity index (χ0v) is 22.2. The van der Waals surface area contributed by atoms with E-state index in [2.05, 4.69) is 70.6 Å². The number of hydrogen-bond donors (Lipinski definition) is 2. The van der Waals surface area contributed by atoms with Crippen molar-refractivity contribution in [2.75, 3.05) is 48.8 Å². The van der Waals surface area contributed by atoms with E-state index in [1.807, 2.05) is 36.4 Å². The Morgan fingerprint density at radius 1 is 0.692 bits per heavy atom. The lowest BCUT2D eigenvalue weighted by Gasteiger charge is -2.32. The molecule has 9 heteroatoms. The summed E-state index contributed by atoms with van der Waals surface area (Å²) < 4.78 is 0. The standard InChI is InChI=1S/C30H29N9/c1-20-16-25(24-8-4-22(18-31)5-9-24)17-21(2)27(20)34-29-35-28(33-26-10-6-23(19-32)7-11-26)36-30(37-29)39-14-12-38(3)13-15-39/h4-11,16-17H,12-15H2,1-3H3,(H2,33,34,35,36,37). The molecule has 1 aromatic heterocycles. The van der Waals surface area contributed by atoms with Crippen molar-refractivity contribution in [1.29, 1.82) is 10.5 Å². The molecule has 1 aliphatic heterocycles. The average molecular weight is 516 g/mol. The first kappa shape index (κ1) is 25.7. The lowest BCUT2D eigenvalue weighted by Crippen LogP contribution is -2.45. The minimum atomic E-state index is 0.427. The van der Waals surface area contributed by atoms with E-state index in [-0.39, 0.29) is 0 Å². The number of anilines is 5. The van der Waals surface area contributed by atoms with Gasteiger partial charge in [0.05, 0.1) is 23.3 Å². The average Bonchev–Trinajstić information content (AvgIpc) is 2.95. The van der Waals surface area contributed by atoms with Gasteiger partial charge in [0.1, 0.15) is 0 Å². The molecule has 0 bridgehead atoms. The highest BCUT2D eigenvalue weighted by molar-refractivity contribution is 5.74. The molecule has 0 unspecified atom stereocenters. The van der Waals surface area contributed by atoms with Gasteiger partial charge in [0.2, 0.25) is 17.8 Å². The van der Waals surface area contributed by atoms with Crippen molar-refractivity contribution < 1.29 is 0 Å². The first-order valence-electron chi connectivity index (χ1n) is 12.8. The Hall–Kier alpha value is -4.99. The molecule has 0 saturated carbocycles. The third kappa shape index (κ3) is 5.96. The second-order valence-electron chi connectivity index (χ2n) is 9.69. The molecule has 1 aliphatic rings. The summed E-state index contributed by atoms with van der Waals surface area (Å²) in [6.07, 6.45) is 0. The molecule has 4 aromatic rings. The molecule has 1 saturated heterocycles. The zero-order valence-electron chi connectivity index (χ0n) is 22.2. The molecule has 39 heavy (non-hydrogen) atoms. The molecule has 2 N–H and O–H groups in total. The Kier molecular flexibility index (Phi) is 7.35. The van der Waals surface area contributed by atoms with Crippen LogP contribution in [0.25, 0.3) is 11.1 Å². The van der Waals surface area contributed by atoms with E-state index in [0.717, 1.165) is 59.8 Å². The maximum atomic E-state index is 9.11. The Balaban J connectivity index is 1.46. The first-order chi connectivity index (χ1) is 18.9. The van der Waals surface area contributed by atoms with Crippen molar-refractivity contribution in [3.8, 4) is 23.3 Å². The van der Waals surface area contributed by atoms with Crippen LogP contribution in [-0.4, -0.2) is 53.1 Å². The molecular formula is C30H29N9. The van der Waals surface area contributed by atoms with Crippen molar-refractivity contribution in [3.05, 3.63) is 82.9 Å². The number of aromatic nitrogens is 3. The lowest BCUT2D eigenvalue weighted by molar-refractivity contribution is 0.311. The first-order valence-corrected chi connectivity index (χ1v) is 12.8. The number of nitriles is 2. The van der Waals surface area contributed by atoms with Gasteiger partial charge in [-0.15, -0.1) is 0 Å². The number of hydrogen-bond acceptors (Lipinski definition) is 9. The van der Waals surface area contributed by atoms with E-state index in [1.54, 1.807) is 12.1 Å². The van der Waals surface area contributed by atoms with E-state index in [1.165, 1.54) is 0 Å². The van der Waals surface area contributed by atoms with Gasteiger partial charge in [-0.05, 0) is 91.7 Å². The normalized spacial score (nSPS) is 13.4. The molecule has 2 heterocycles. The Labute approximate surface area is 228 Å². The molecular weight excluding hydrogens is 486 g/mol. The number of piperazine rings is 1. The topological polar surface area (TPSA) is 117 Å². The molecule has 0 amide bonds. The zero-order chi connectivity index (χ0) is 27.4. The van der Waals surface area contributed by atoms with Crippen LogP contribution < -0.4 is 15.5 Å². The predicted molar refractivity (Wildman–Crippen MR) is 153 cm³/mol. The van der Waals surface area contributed by atoms with Crippen molar-refractivity contribution in [2.24, 2.45) is 0 Å². The highest BCUT2D eigenvalue weighted by Crippen LogP contribution is 2.31. The van der Waals surface area contributed by atoms with E-state index in [4.69, 9.17) is 20.5 Å². The molecule has 9 nitrogen and oxygen atoms in total. The maximum absolute atomic E-state index is 9.11. The summed E-state index contributed by atoms with van der Waals surface area (Å²) >= 11 is 0. The molecule has 0 spiro atoms. The van der Waals surface area contributed by atoms with Crippen LogP contribution in [0.4, 0.5) is 29.2 Å². The van der Waals surface area contributed by atoms with Gasteiger partial charge in [-0.1, -0.05) is 12.1 Å².